The van der Waals surface area contributed by atoms with Crippen LogP contribution in [-0.4, -0.2) is 41.6 Å². The lowest BCUT2D eigenvalue weighted by atomic mass is 10.1. The zero-order chi connectivity index (χ0) is 16.3. The van der Waals surface area contributed by atoms with Crippen molar-refractivity contribution in [1.29, 1.82) is 0 Å². The summed E-state index contributed by atoms with van der Waals surface area (Å²) in [5.74, 6) is -1.05. The maximum Gasteiger partial charge on any atom is 0.315 e. The molecule has 0 saturated heterocycles. The lowest BCUT2D eigenvalue weighted by molar-refractivity contribution is -0.137. The van der Waals surface area contributed by atoms with Crippen molar-refractivity contribution in [1.82, 2.24) is 16.0 Å². The normalized spacial score (nSPS) is 13.1. The van der Waals surface area contributed by atoms with Crippen LogP contribution in [0, 0.1) is 0 Å². The molecule has 7 nitrogen and oxygen atoms in total. The average molecular weight is 301 g/mol. The number of amides is 3. The molecule has 0 aromatic heterocycles. The van der Waals surface area contributed by atoms with Crippen molar-refractivity contribution >= 4 is 17.9 Å². The molecule has 0 saturated carbocycles. The molecule has 0 aliphatic rings. The van der Waals surface area contributed by atoms with Crippen LogP contribution in [0.15, 0.2) is 0 Å². The SMILES string of the molecule is CCCC(CC(=O)O)NC(=O)NCCC(=O)NC(C)CC. The number of nitrogens with one attached hydrogen (secondary N) is 3. The van der Waals surface area contributed by atoms with E-state index in [1.54, 1.807) is 0 Å². The zero-order valence-electron chi connectivity index (χ0n) is 13.1. The van der Waals surface area contributed by atoms with Crippen molar-refractivity contribution in [3.8, 4) is 0 Å². The molecule has 0 bridgehead atoms. The minimum absolute atomic E-state index is 0.101. The maximum absolute atomic E-state index is 11.6. The molecule has 0 aromatic rings. The summed E-state index contributed by atoms with van der Waals surface area (Å²) < 4.78 is 0. The molecule has 0 fully saturated rings. The summed E-state index contributed by atoms with van der Waals surface area (Å²) in [6.07, 6.45) is 2.35. The van der Waals surface area contributed by atoms with Crippen LogP contribution in [0.5, 0.6) is 0 Å². The number of carbonyl (C=O) groups is 3. The first-order chi connectivity index (χ1) is 9.88. The molecule has 2 atom stereocenters. The molecule has 2 unspecified atom stereocenters. The first-order valence-electron chi connectivity index (χ1n) is 7.44. The quantitative estimate of drug-likeness (QED) is 0.487. The molecule has 0 spiro atoms. The third kappa shape index (κ3) is 10.6. The van der Waals surface area contributed by atoms with Crippen molar-refractivity contribution in [2.45, 2.75) is 65.0 Å². The summed E-state index contributed by atoms with van der Waals surface area (Å²) in [7, 11) is 0. The fourth-order valence-corrected chi connectivity index (χ4v) is 1.76. The van der Waals surface area contributed by atoms with Gasteiger partial charge in [0.2, 0.25) is 5.91 Å². The maximum atomic E-state index is 11.6. The van der Waals surface area contributed by atoms with Crippen LogP contribution >= 0.6 is 0 Å². The molecule has 3 amide bonds. The van der Waals surface area contributed by atoms with Gasteiger partial charge in [0.05, 0.1) is 6.42 Å². The van der Waals surface area contributed by atoms with Crippen molar-refractivity contribution in [3.05, 3.63) is 0 Å². The van der Waals surface area contributed by atoms with Gasteiger partial charge >= 0.3 is 12.0 Å². The van der Waals surface area contributed by atoms with Gasteiger partial charge in [-0.05, 0) is 19.8 Å². The molecule has 0 aliphatic heterocycles. The lowest BCUT2D eigenvalue weighted by Crippen LogP contribution is -2.44. The number of carboxylic acids is 1. The van der Waals surface area contributed by atoms with E-state index in [4.69, 9.17) is 5.11 Å². The van der Waals surface area contributed by atoms with E-state index in [9.17, 15) is 14.4 Å². The standard InChI is InChI=1S/C14H27N3O4/c1-4-6-11(9-13(19)20)17-14(21)15-8-7-12(18)16-10(3)5-2/h10-11H,4-9H2,1-3H3,(H,16,18)(H,19,20)(H2,15,17,21). The average Bonchev–Trinajstić information content (AvgIpc) is 2.37. The van der Waals surface area contributed by atoms with Crippen LogP contribution in [-0.2, 0) is 9.59 Å². The molecule has 7 heteroatoms. The molecular formula is C14H27N3O4. The van der Waals surface area contributed by atoms with Gasteiger partial charge in [-0.25, -0.2) is 4.79 Å². The number of hydrogen-bond acceptors (Lipinski definition) is 3. The fourth-order valence-electron chi connectivity index (χ4n) is 1.76. The summed E-state index contributed by atoms with van der Waals surface area (Å²) in [6, 6.07) is -0.705. The Kier molecular flexibility index (Phi) is 10.0. The highest BCUT2D eigenvalue weighted by atomic mass is 16.4. The molecule has 21 heavy (non-hydrogen) atoms. The molecule has 0 rings (SSSR count). The van der Waals surface area contributed by atoms with E-state index < -0.39 is 12.0 Å². The van der Waals surface area contributed by atoms with Gasteiger partial charge < -0.3 is 21.1 Å². The van der Waals surface area contributed by atoms with E-state index in [1.165, 1.54) is 0 Å². The predicted octanol–water partition coefficient (Wildman–Crippen LogP) is 1.23. The molecular weight excluding hydrogens is 274 g/mol. The zero-order valence-corrected chi connectivity index (χ0v) is 13.1. The van der Waals surface area contributed by atoms with Gasteiger partial charge in [0.1, 0.15) is 0 Å². The number of rotatable bonds is 10. The Morgan fingerprint density at radius 3 is 2.33 bits per heavy atom. The van der Waals surface area contributed by atoms with Gasteiger partial charge in [0, 0.05) is 25.0 Å². The second-order valence-corrected chi connectivity index (χ2v) is 5.11. The van der Waals surface area contributed by atoms with E-state index in [0.29, 0.717) is 6.42 Å². The van der Waals surface area contributed by atoms with E-state index in [2.05, 4.69) is 16.0 Å². The Balaban J connectivity index is 3.96. The summed E-state index contributed by atoms with van der Waals surface area (Å²) >= 11 is 0. The van der Waals surface area contributed by atoms with Crippen LogP contribution in [0.2, 0.25) is 0 Å². The Labute approximate surface area is 125 Å². The predicted molar refractivity (Wildman–Crippen MR) is 80.0 cm³/mol. The minimum Gasteiger partial charge on any atom is -0.481 e. The van der Waals surface area contributed by atoms with E-state index >= 15 is 0 Å². The lowest BCUT2D eigenvalue weighted by Gasteiger charge is -2.17. The third-order valence-corrected chi connectivity index (χ3v) is 3.05. The molecule has 0 heterocycles. The molecule has 0 radical (unpaired) electrons. The van der Waals surface area contributed by atoms with Crippen molar-refractivity contribution in [2.24, 2.45) is 0 Å². The van der Waals surface area contributed by atoms with Gasteiger partial charge in [-0.2, -0.15) is 0 Å². The number of urea groups is 1. The van der Waals surface area contributed by atoms with Crippen molar-refractivity contribution < 1.29 is 19.5 Å². The number of carbonyl (C=O) groups excluding carboxylic acids is 2. The number of hydrogen-bond donors (Lipinski definition) is 4. The molecule has 4 N–H and O–H groups in total. The van der Waals surface area contributed by atoms with Crippen molar-refractivity contribution in [3.63, 3.8) is 0 Å². The Morgan fingerprint density at radius 1 is 1.14 bits per heavy atom. The molecule has 122 valence electrons. The largest absolute Gasteiger partial charge is 0.481 e. The molecule has 0 aromatic carbocycles. The highest BCUT2D eigenvalue weighted by Crippen LogP contribution is 2.01. The van der Waals surface area contributed by atoms with E-state index in [0.717, 1.165) is 12.8 Å². The van der Waals surface area contributed by atoms with Crippen LogP contribution in [0.4, 0.5) is 4.79 Å². The summed E-state index contributed by atoms with van der Waals surface area (Å²) in [5, 5.41) is 16.7. The van der Waals surface area contributed by atoms with Crippen molar-refractivity contribution in [2.75, 3.05) is 6.54 Å². The minimum atomic E-state index is -0.943. The summed E-state index contributed by atoms with van der Waals surface area (Å²) in [5.41, 5.74) is 0. The molecule has 0 aliphatic carbocycles. The third-order valence-electron chi connectivity index (χ3n) is 3.05. The van der Waals surface area contributed by atoms with Gasteiger partial charge in [-0.15, -0.1) is 0 Å². The highest BCUT2D eigenvalue weighted by Gasteiger charge is 2.15. The van der Waals surface area contributed by atoms with Crippen LogP contribution in [0.1, 0.15) is 52.9 Å². The van der Waals surface area contributed by atoms with E-state index in [1.807, 2.05) is 20.8 Å². The Hall–Kier alpha value is -1.79. The first kappa shape index (κ1) is 19.2. The van der Waals surface area contributed by atoms with Crippen LogP contribution < -0.4 is 16.0 Å². The second-order valence-electron chi connectivity index (χ2n) is 5.11. The number of carboxylic acid groups (broad SMARTS) is 1. The van der Waals surface area contributed by atoms with Gasteiger partial charge in [0.25, 0.3) is 0 Å². The Bertz CT molecular complexity index is 347. The second kappa shape index (κ2) is 10.9. The van der Waals surface area contributed by atoms with Crippen LogP contribution in [0.3, 0.4) is 0 Å². The first-order valence-corrected chi connectivity index (χ1v) is 7.44. The highest BCUT2D eigenvalue weighted by molar-refractivity contribution is 5.78. The monoisotopic (exact) mass is 301 g/mol. The van der Waals surface area contributed by atoms with E-state index in [-0.39, 0.29) is 37.4 Å². The van der Waals surface area contributed by atoms with Gasteiger partial charge in [0.15, 0.2) is 0 Å². The van der Waals surface area contributed by atoms with Gasteiger partial charge in [-0.3, -0.25) is 9.59 Å². The number of aliphatic carboxylic acids is 1. The summed E-state index contributed by atoms with van der Waals surface area (Å²) in [6.45, 7) is 6.04. The fraction of sp³-hybridized carbons (Fsp3) is 0.786. The van der Waals surface area contributed by atoms with Crippen LogP contribution in [0.25, 0.3) is 0 Å². The topological polar surface area (TPSA) is 108 Å². The smallest absolute Gasteiger partial charge is 0.315 e. The van der Waals surface area contributed by atoms with Gasteiger partial charge in [-0.1, -0.05) is 20.3 Å². The summed E-state index contributed by atoms with van der Waals surface area (Å²) in [4.78, 5) is 33.8. The Morgan fingerprint density at radius 2 is 1.81 bits per heavy atom.